The molecule has 0 amide bonds. The maximum absolute atomic E-state index is 11.3. The second kappa shape index (κ2) is 6.13. The second-order valence-corrected chi connectivity index (χ2v) is 6.23. The Bertz CT molecular complexity index is 697. The Hall–Kier alpha value is -1.81. The lowest BCUT2D eigenvalue weighted by Crippen LogP contribution is -2.21. The molecule has 1 fully saturated rings. The van der Waals surface area contributed by atoms with Gasteiger partial charge in [-0.1, -0.05) is 0 Å². The summed E-state index contributed by atoms with van der Waals surface area (Å²) in [6.07, 6.45) is 5.81. The number of benzene rings is 1. The molecule has 0 radical (unpaired) electrons. The van der Waals surface area contributed by atoms with Crippen LogP contribution in [0.3, 0.4) is 0 Å². The van der Waals surface area contributed by atoms with E-state index in [9.17, 15) is 9.90 Å². The lowest BCUT2D eigenvalue weighted by molar-refractivity contribution is 0.0697. The molecular weight excluding hydrogens is 276 g/mol. The summed E-state index contributed by atoms with van der Waals surface area (Å²) in [5.74, 6) is -0.847. The number of carboxylic acid groups (broad SMARTS) is 1. The number of nitrogens with zero attached hydrogens (tertiary/aromatic N) is 2. The van der Waals surface area contributed by atoms with Gasteiger partial charge in [0.15, 0.2) is 0 Å². The van der Waals surface area contributed by atoms with Crippen LogP contribution >= 0.6 is 0 Å². The van der Waals surface area contributed by atoms with Gasteiger partial charge in [0, 0.05) is 24.7 Å². The summed E-state index contributed by atoms with van der Waals surface area (Å²) >= 11 is 0. The van der Waals surface area contributed by atoms with Gasteiger partial charge in [0.05, 0.1) is 11.1 Å². The van der Waals surface area contributed by atoms with Crippen molar-refractivity contribution in [3.05, 3.63) is 35.0 Å². The Morgan fingerprint density at radius 1 is 1.27 bits per heavy atom. The number of hydrogen-bond acceptors (Lipinski definition) is 2. The second-order valence-electron chi connectivity index (χ2n) is 6.23. The smallest absolute Gasteiger partial charge is 0.335 e. The minimum atomic E-state index is -0.847. The molecule has 0 aliphatic carbocycles. The van der Waals surface area contributed by atoms with Crippen molar-refractivity contribution < 1.29 is 9.90 Å². The molecule has 1 aliphatic heterocycles. The molecule has 118 valence electrons. The molecule has 0 atom stereocenters. The first-order chi connectivity index (χ1) is 10.6. The topological polar surface area (TPSA) is 45.5 Å². The molecule has 0 spiro atoms. The summed E-state index contributed by atoms with van der Waals surface area (Å²) in [4.78, 5) is 13.8. The molecule has 1 aliphatic rings. The molecule has 2 aromatic rings. The van der Waals surface area contributed by atoms with Crippen LogP contribution < -0.4 is 0 Å². The van der Waals surface area contributed by atoms with Crippen LogP contribution in [0.2, 0.25) is 0 Å². The first-order valence-corrected chi connectivity index (χ1v) is 8.18. The number of carbonyl (C=O) groups is 1. The summed E-state index contributed by atoms with van der Waals surface area (Å²) < 4.78 is 2.25. The zero-order valence-electron chi connectivity index (χ0n) is 13.4. The fraction of sp³-hybridized carbons (Fsp3) is 0.500. The number of aromatic nitrogens is 1. The highest BCUT2D eigenvalue weighted by atomic mass is 16.4. The molecule has 0 unspecified atom stereocenters. The van der Waals surface area contributed by atoms with Crippen molar-refractivity contribution in [2.75, 3.05) is 19.6 Å². The van der Waals surface area contributed by atoms with E-state index in [1.54, 1.807) is 6.07 Å². The van der Waals surface area contributed by atoms with Crippen LogP contribution in [-0.2, 0) is 13.0 Å². The molecule has 1 saturated heterocycles. The van der Waals surface area contributed by atoms with Crippen molar-refractivity contribution in [2.24, 2.45) is 0 Å². The number of carboxylic acids is 1. The molecule has 0 bridgehead atoms. The van der Waals surface area contributed by atoms with Crippen LogP contribution in [0.4, 0.5) is 0 Å². The van der Waals surface area contributed by atoms with Gasteiger partial charge in [-0.25, -0.2) is 4.79 Å². The fourth-order valence-corrected chi connectivity index (χ4v) is 3.58. The Labute approximate surface area is 131 Å². The maximum Gasteiger partial charge on any atom is 0.335 e. The molecule has 1 aromatic carbocycles. The molecule has 22 heavy (non-hydrogen) atoms. The van der Waals surface area contributed by atoms with Crippen LogP contribution in [0.15, 0.2) is 18.3 Å². The van der Waals surface area contributed by atoms with Crippen LogP contribution in [-0.4, -0.2) is 40.2 Å². The molecule has 2 heterocycles. The number of fused-ring (bicyclic) bond motifs is 1. The molecule has 4 heteroatoms. The largest absolute Gasteiger partial charge is 0.478 e. The quantitative estimate of drug-likeness (QED) is 0.921. The highest BCUT2D eigenvalue weighted by Crippen LogP contribution is 2.27. The first kappa shape index (κ1) is 15.1. The lowest BCUT2D eigenvalue weighted by Gasteiger charge is -2.13. The van der Waals surface area contributed by atoms with Crippen molar-refractivity contribution in [1.82, 2.24) is 9.47 Å². The zero-order chi connectivity index (χ0) is 15.7. The number of hydrogen-bond donors (Lipinski definition) is 1. The average Bonchev–Trinajstić information content (AvgIpc) is 3.12. The third-order valence-corrected chi connectivity index (χ3v) is 4.73. The lowest BCUT2D eigenvalue weighted by atomic mass is 10.0. The van der Waals surface area contributed by atoms with Gasteiger partial charge in [-0.2, -0.15) is 0 Å². The third-order valence-electron chi connectivity index (χ3n) is 4.73. The van der Waals surface area contributed by atoms with Gasteiger partial charge in [-0.05, 0) is 69.5 Å². The van der Waals surface area contributed by atoms with E-state index in [0.29, 0.717) is 5.56 Å². The van der Waals surface area contributed by atoms with E-state index >= 15 is 0 Å². The van der Waals surface area contributed by atoms with Crippen LogP contribution in [0.25, 0.3) is 10.9 Å². The molecule has 3 rings (SSSR count). The maximum atomic E-state index is 11.3. The predicted octanol–water partition coefficient (Wildman–Crippen LogP) is 3.31. The van der Waals surface area contributed by atoms with Gasteiger partial charge in [-0.3, -0.25) is 0 Å². The molecule has 4 nitrogen and oxygen atoms in total. The standard InChI is InChI=1S/C18H24N2O2/c1-3-20-12-14(6-9-19-7-4-5-8-19)16-11-15(18(21)22)10-13(2)17(16)20/h10-12H,3-9H2,1-2H3,(H,21,22). The highest BCUT2D eigenvalue weighted by Gasteiger charge is 2.16. The van der Waals surface area contributed by atoms with Crippen molar-refractivity contribution in [2.45, 2.75) is 39.7 Å². The third kappa shape index (κ3) is 2.75. The number of likely N-dealkylation sites (tertiary alicyclic amines) is 1. The monoisotopic (exact) mass is 300 g/mol. The van der Waals surface area contributed by atoms with Crippen LogP contribution in [0.5, 0.6) is 0 Å². The van der Waals surface area contributed by atoms with Gasteiger partial charge < -0.3 is 14.6 Å². The van der Waals surface area contributed by atoms with Crippen molar-refractivity contribution in [3.8, 4) is 0 Å². The molecule has 1 aromatic heterocycles. The summed E-state index contributed by atoms with van der Waals surface area (Å²) in [7, 11) is 0. The highest BCUT2D eigenvalue weighted by molar-refractivity contribution is 5.96. The van der Waals surface area contributed by atoms with Crippen molar-refractivity contribution in [1.29, 1.82) is 0 Å². The zero-order valence-corrected chi connectivity index (χ0v) is 13.4. The van der Waals surface area contributed by atoms with E-state index in [0.717, 1.165) is 30.5 Å². The van der Waals surface area contributed by atoms with Crippen LogP contribution in [0.1, 0.15) is 41.3 Å². The predicted molar refractivity (Wildman–Crippen MR) is 88.7 cm³/mol. The summed E-state index contributed by atoms with van der Waals surface area (Å²) in [5, 5.41) is 10.4. The van der Waals surface area contributed by atoms with E-state index in [1.807, 2.05) is 13.0 Å². The number of rotatable bonds is 5. The molecule has 1 N–H and O–H groups in total. The Kier molecular flexibility index (Phi) is 4.21. The molecular formula is C18H24N2O2. The Morgan fingerprint density at radius 3 is 2.64 bits per heavy atom. The van der Waals surface area contributed by atoms with Gasteiger partial charge in [0.25, 0.3) is 0 Å². The molecule has 0 saturated carbocycles. The van der Waals surface area contributed by atoms with E-state index < -0.39 is 5.97 Å². The Balaban J connectivity index is 1.98. The Morgan fingerprint density at radius 2 is 2.00 bits per heavy atom. The normalized spacial score (nSPS) is 15.7. The average molecular weight is 300 g/mol. The van der Waals surface area contributed by atoms with E-state index in [1.165, 1.54) is 37.0 Å². The van der Waals surface area contributed by atoms with Gasteiger partial charge in [0.2, 0.25) is 0 Å². The van der Waals surface area contributed by atoms with Gasteiger partial charge in [-0.15, -0.1) is 0 Å². The SMILES string of the molecule is CCn1cc(CCN2CCCC2)c2cc(C(=O)O)cc(C)c21. The fourth-order valence-electron chi connectivity index (χ4n) is 3.58. The van der Waals surface area contributed by atoms with E-state index in [4.69, 9.17) is 0 Å². The van der Waals surface area contributed by atoms with E-state index in [2.05, 4.69) is 22.6 Å². The number of aryl methyl sites for hydroxylation is 2. The van der Waals surface area contributed by atoms with Crippen molar-refractivity contribution >= 4 is 16.9 Å². The van der Waals surface area contributed by atoms with E-state index in [-0.39, 0.29) is 0 Å². The summed E-state index contributed by atoms with van der Waals surface area (Å²) in [6.45, 7) is 8.52. The van der Waals surface area contributed by atoms with Crippen molar-refractivity contribution in [3.63, 3.8) is 0 Å². The minimum Gasteiger partial charge on any atom is -0.478 e. The van der Waals surface area contributed by atoms with Gasteiger partial charge in [0.1, 0.15) is 0 Å². The van der Waals surface area contributed by atoms with Crippen LogP contribution in [0, 0.1) is 6.92 Å². The minimum absolute atomic E-state index is 0.390. The summed E-state index contributed by atoms with van der Waals surface area (Å²) in [6, 6.07) is 3.62. The first-order valence-electron chi connectivity index (χ1n) is 8.18. The summed E-state index contributed by atoms with van der Waals surface area (Å²) in [5.41, 5.74) is 3.89. The van der Waals surface area contributed by atoms with Gasteiger partial charge >= 0.3 is 5.97 Å². The number of aromatic carboxylic acids is 1.